The van der Waals surface area contributed by atoms with Gasteiger partial charge in [-0.05, 0) is 93.4 Å². The van der Waals surface area contributed by atoms with Crippen LogP contribution in [-0.4, -0.2) is 167 Å². The van der Waals surface area contributed by atoms with Crippen molar-refractivity contribution in [1.29, 1.82) is 0 Å². The van der Waals surface area contributed by atoms with E-state index in [-0.39, 0.29) is 51.8 Å². The maximum atomic E-state index is 14.7. The number of ether oxygens (including phenoxy) is 4. The predicted molar refractivity (Wildman–Crippen MR) is 273 cm³/mol. The fraction of sp³-hybridized carbons (Fsp3) is 0.725. The Morgan fingerprint density at radius 3 is 1.57 bits per heavy atom. The van der Waals surface area contributed by atoms with Crippen LogP contribution in [0.2, 0.25) is 0 Å². The molecule has 24 nitrogen and oxygen atoms in total. The molecule has 1 heterocycles. The highest BCUT2D eigenvalue weighted by atomic mass is 16.6. The Kier molecular flexibility index (Phi) is 26.6. The van der Waals surface area contributed by atoms with Crippen molar-refractivity contribution in [2.45, 2.75) is 195 Å². The summed E-state index contributed by atoms with van der Waals surface area (Å²) < 4.78 is 21.1. The molecule has 1 fully saturated rings. The second kappa shape index (κ2) is 30.1. The van der Waals surface area contributed by atoms with Crippen LogP contribution >= 0.6 is 0 Å². The molecule has 1 aliphatic rings. The van der Waals surface area contributed by atoms with Gasteiger partial charge in [-0.3, -0.25) is 52.7 Å². The number of nitrogens with one attached hydrogen (secondary N) is 6. The van der Waals surface area contributed by atoms with Gasteiger partial charge in [-0.1, -0.05) is 53.7 Å². The number of amides is 8. The second-order valence-electron chi connectivity index (χ2n) is 21.9. The molecule has 24 heteroatoms. The highest BCUT2D eigenvalue weighted by Crippen LogP contribution is 2.20. The molecule has 6 atom stereocenters. The molecule has 1 saturated heterocycles. The molecule has 0 bridgehead atoms. The van der Waals surface area contributed by atoms with E-state index in [2.05, 4.69) is 38.5 Å². The molecule has 1 rings (SSSR count). The van der Waals surface area contributed by atoms with Gasteiger partial charge in [-0.2, -0.15) is 0 Å². The molecule has 424 valence electrons. The number of hydrogen-bond donors (Lipinski definition) is 6. The number of Topliss-reactive ketones (excluding diaryl/α,β-unsaturated/α-hetero) is 1. The van der Waals surface area contributed by atoms with Gasteiger partial charge in [0.05, 0.1) is 12.6 Å². The molecule has 0 aliphatic carbocycles. The van der Waals surface area contributed by atoms with Crippen LogP contribution in [0.15, 0.2) is 12.7 Å². The third-order valence-corrected chi connectivity index (χ3v) is 10.7. The smallest absolute Gasteiger partial charge is 0.410 e. The molecule has 3 unspecified atom stereocenters. The normalized spacial score (nSPS) is 15.9. The topological polar surface area (TPSA) is 320 Å². The van der Waals surface area contributed by atoms with Crippen molar-refractivity contribution in [2.75, 3.05) is 32.8 Å². The lowest BCUT2D eigenvalue weighted by atomic mass is 9.97. The molecule has 6 N–H and O–H groups in total. The van der Waals surface area contributed by atoms with Crippen LogP contribution in [0.3, 0.4) is 0 Å². The Morgan fingerprint density at radius 1 is 0.613 bits per heavy atom. The largest absolute Gasteiger partial charge is 0.460 e. The molecule has 0 radical (unpaired) electrons. The fourth-order valence-electron chi connectivity index (χ4n) is 7.28. The molecule has 8 amide bonds. The van der Waals surface area contributed by atoms with E-state index in [1.807, 2.05) is 0 Å². The Bertz CT molecular complexity index is 2070. The van der Waals surface area contributed by atoms with Crippen LogP contribution in [0.1, 0.15) is 142 Å². The summed E-state index contributed by atoms with van der Waals surface area (Å²) in [7, 11) is 0. The van der Waals surface area contributed by atoms with Crippen LogP contribution < -0.4 is 31.9 Å². The molecular formula is C51H84N8O16. The lowest BCUT2D eigenvalue weighted by molar-refractivity contribution is -0.156. The Labute approximate surface area is 441 Å². The Morgan fingerprint density at radius 2 is 1.11 bits per heavy atom. The second-order valence-corrected chi connectivity index (χ2v) is 21.9. The Balaban J connectivity index is 3.62. The quantitative estimate of drug-likeness (QED) is 0.0311. The third kappa shape index (κ3) is 25.0. The molecule has 0 aromatic carbocycles. The minimum Gasteiger partial charge on any atom is -0.460 e. The van der Waals surface area contributed by atoms with Crippen molar-refractivity contribution in [3.63, 3.8) is 0 Å². The van der Waals surface area contributed by atoms with Gasteiger partial charge in [0.1, 0.15) is 60.2 Å². The van der Waals surface area contributed by atoms with E-state index in [0.29, 0.717) is 6.42 Å². The monoisotopic (exact) mass is 1060 g/mol. The lowest BCUT2D eigenvalue weighted by Gasteiger charge is -2.42. The minimum absolute atomic E-state index is 0.0299. The van der Waals surface area contributed by atoms with Crippen LogP contribution in [0, 0.1) is 11.8 Å². The summed E-state index contributed by atoms with van der Waals surface area (Å²) in [4.78, 5) is 163. The predicted octanol–water partition coefficient (Wildman–Crippen LogP) is 1.65. The van der Waals surface area contributed by atoms with Crippen molar-refractivity contribution < 1.29 is 76.5 Å². The zero-order chi connectivity index (χ0) is 57.8. The average Bonchev–Trinajstić information content (AvgIpc) is 3.27. The van der Waals surface area contributed by atoms with Crippen molar-refractivity contribution >= 4 is 71.1 Å². The molecule has 75 heavy (non-hydrogen) atoms. The summed E-state index contributed by atoms with van der Waals surface area (Å²) in [6, 6.07) is -8.51. The number of piperazine rings is 1. The molecule has 0 saturated carbocycles. The van der Waals surface area contributed by atoms with Crippen LogP contribution in [-0.2, 0) is 71.7 Å². The molecule has 0 aromatic rings. The first-order chi connectivity index (χ1) is 34.5. The lowest BCUT2D eigenvalue weighted by Crippen LogP contribution is -2.67. The summed E-state index contributed by atoms with van der Waals surface area (Å²) in [6.45, 7) is 26.0. The van der Waals surface area contributed by atoms with Crippen LogP contribution in [0.25, 0.3) is 0 Å². The first-order valence-electron chi connectivity index (χ1n) is 25.3. The van der Waals surface area contributed by atoms with Gasteiger partial charge in [-0.15, -0.1) is 0 Å². The standard InChI is InChI=1S/C51H84N8O16/c1-17-19-32(41(64)46(69)52-27-38(63)72-26-18-2)54-44(67)35-28-58(48(71)75-51(14,15)16)24-25-59(35)47(70)40(30(5)6)57-45(68)39(29(3)4)56-43(66)34(21-23-37(62)74-50(11,12)13)55-42(65)33(53-31(7)60)20-22-36(61)73-49(8,9)10/h18,29-30,32-35,39-40H,2,17,19-28H2,1,3-16H3,(H,52,69)(H,53,60)(H,54,67)(H,55,65)(H,56,66)(H,57,68)/t32?,33-,34-,35?,39-,40?/m0/s1. The van der Waals surface area contributed by atoms with Gasteiger partial charge in [0, 0.05) is 32.9 Å². The van der Waals surface area contributed by atoms with Gasteiger partial charge in [0.2, 0.25) is 41.2 Å². The SMILES string of the molecule is C=CCOC(=O)CNC(=O)C(=O)C(CCC)NC(=O)C1CN(C(=O)OC(C)(C)C)CCN1C(=O)C(NC(=O)[C@@H](NC(=O)[C@H](CCC(=O)OC(C)(C)C)NC(=O)[C@H](CCC(=O)OC(C)(C)C)NC(C)=O)C(C)C)C(C)C. The van der Waals surface area contributed by atoms with Crippen LogP contribution in [0.4, 0.5) is 4.79 Å². The van der Waals surface area contributed by atoms with Gasteiger partial charge in [0.15, 0.2) is 0 Å². The van der Waals surface area contributed by atoms with E-state index in [9.17, 15) is 57.5 Å². The molecule has 0 aromatic heterocycles. The summed E-state index contributed by atoms with van der Waals surface area (Å²) in [5, 5.41) is 15.1. The van der Waals surface area contributed by atoms with Crippen molar-refractivity contribution in [2.24, 2.45) is 11.8 Å². The van der Waals surface area contributed by atoms with E-state index in [0.717, 1.165) is 11.8 Å². The van der Waals surface area contributed by atoms with Crippen molar-refractivity contribution in [3.8, 4) is 0 Å². The number of carbonyl (C=O) groups is 12. The van der Waals surface area contributed by atoms with E-state index < -0.39 is 149 Å². The summed E-state index contributed by atoms with van der Waals surface area (Å²) in [5.41, 5.74) is -2.66. The number of carbonyl (C=O) groups excluding carboxylic acids is 12. The molecule has 1 aliphatic heterocycles. The van der Waals surface area contributed by atoms with Crippen molar-refractivity contribution in [3.05, 3.63) is 12.7 Å². The summed E-state index contributed by atoms with van der Waals surface area (Å²) >= 11 is 0. The maximum Gasteiger partial charge on any atom is 0.410 e. The summed E-state index contributed by atoms with van der Waals surface area (Å²) in [6.07, 6.45) is -0.405. The zero-order valence-electron chi connectivity index (χ0n) is 46.6. The molecule has 0 spiro atoms. The third-order valence-electron chi connectivity index (χ3n) is 10.7. The molecular weight excluding hydrogens is 981 g/mol. The van der Waals surface area contributed by atoms with E-state index in [4.69, 9.17) is 18.9 Å². The van der Waals surface area contributed by atoms with Crippen LogP contribution in [0.5, 0.6) is 0 Å². The number of ketones is 1. The highest BCUT2D eigenvalue weighted by molar-refractivity contribution is 6.38. The van der Waals surface area contributed by atoms with E-state index >= 15 is 0 Å². The first kappa shape index (κ1) is 66.4. The Hall–Kier alpha value is -6.62. The number of rotatable bonds is 26. The van der Waals surface area contributed by atoms with Gasteiger partial charge < -0.3 is 60.6 Å². The summed E-state index contributed by atoms with van der Waals surface area (Å²) in [5.74, 6) is -10.8. The number of hydrogen-bond acceptors (Lipinski definition) is 16. The maximum absolute atomic E-state index is 14.7. The first-order valence-corrected chi connectivity index (χ1v) is 25.3. The van der Waals surface area contributed by atoms with E-state index in [1.165, 1.54) is 11.0 Å². The van der Waals surface area contributed by atoms with Crippen molar-refractivity contribution in [1.82, 2.24) is 41.7 Å². The minimum atomic E-state index is -1.51. The number of nitrogens with zero attached hydrogens (tertiary/aromatic N) is 2. The van der Waals surface area contributed by atoms with Gasteiger partial charge >= 0.3 is 24.0 Å². The van der Waals surface area contributed by atoms with Gasteiger partial charge in [0.25, 0.3) is 5.91 Å². The van der Waals surface area contributed by atoms with Gasteiger partial charge in [-0.25, -0.2) is 4.79 Å². The number of esters is 3. The average molecular weight is 1070 g/mol. The highest BCUT2D eigenvalue weighted by Gasteiger charge is 2.43. The van der Waals surface area contributed by atoms with E-state index in [1.54, 1.807) is 96.9 Å². The fourth-order valence-corrected chi connectivity index (χ4v) is 7.28. The zero-order valence-corrected chi connectivity index (χ0v) is 46.6.